The molecule has 0 saturated carbocycles. The first kappa shape index (κ1) is 13.6. The molecule has 6 nitrogen and oxygen atoms in total. The topological polar surface area (TPSA) is 85.8 Å². The standard InChI is InChI=1S/C10H17N5OS/c1-6(2)7(3)13-8(16)4-15-5-12-10(14-15)9(11)17/h5-7H,4H2,1-3H3,(H2,11,17)(H,13,16). The number of nitrogens with zero attached hydrogens (tertiary/aromatic N) is 3. The number of amides is 1. The summed E-state index contributed by atoms with van der Waals surface area (Å²) in [5.74, 6) is 0.567. The molecule has 3 N–H and O–H groups in total. The Morgan fingerprint density at radius 3 is 2.71 bits per heavy atom. The maximum Gasteiger partial charge on any atom is 0.242 e. The molecule has 0 bridgehead atoms. The molecule has 0 saturated heterocycles. The summed E-state index contributed by atoms with van der Waals surface area (Å²) in [4.78, 5) is 15.7. The summed E-state index contributed by atoms with van der Waals surface area (Å²) in [7, 11) is 0. The van der Waals surface area contributed by atoms with Gasteiger partial charge in [0.25, 0.3) is 0 Å². The molecule has 1 heterocycles. The molecular weight excluding hydrogens is 238 g/mol. The summed E-state index contributed by atoms with van der Waals surface area (Å²) in [6.45, 7) is 6.17. The Bertz CT molecular complexity index is 415. The highest BCUT2D eigenvalue weighted by molar-refractivity contribution is 7.80. The Hall–Kier alpha value is -1.50. The highest BCUT2D eigenvalue weighted by atomic mass is 32.1. The lowest BCUT2D eigenvalue weighted by atomic mass is 10.1. The van der Waals surface area contributed by atoms with Crippen LogP contribution in [0.5, 0.6) is 0 Å². The second-order valence-corrected chi connectivity index (χ2v) is 4.67. The lowest BCUT2D eigenvalue weighted by Gasteiger charge is -2.17. The van der Waals surface area contributed by atoms with Crippen molar-refractivity contribution in [2.24, 2.45) is 11.7 Å². The van der Waals surface area contributed by atoms with Crippen molar-refractivity contribution in [3.05, 3.63) is 12.2 Å². The predicted molar refractivity (Wildman–Crippen MR) is 68.4 cm³/mol. The molecule has 1 amide bonds. The van der Waals surface area contributed by atoms with Gasteiger partial charge in [-0.1, -0.05) is 26.1 Å². The maximum atomic E-state index is 11.6. The Labute approximate surface area is 106 Å². The highest BCUT2D eigenvalue weighted by Gasteiger charge is 2.12. The molecule has 94 valence electrons. The van der Waals surface area contributed by atoms with Gasteiger partial charge in [0.15, 0.2) is 0 Å². The number of carbonyl (C=O) groups is 1. The molecule has 1 aromatic rings. The molecule has 0 aliphatic carbocycles. The molecule has 17 heavy (non-hydrogen) atoms. The van der Waals surface area contributed by atoms with Crippen molar-refractivity contribution >= 4 is 23.1 Å². The summed E-state index contributed by atoms with van der Waals surface area (Å²) in [6, 6.07) is 0.126. The first-order valence-electron chi connectivity index (χ1n) is 5.38. The van der Waals surface area contributed by atoms with Gasteiger partial charge in [-0.25, -0.2) is 9.67 Å². The van der Waals surface area contributed by atoms with E-state index in [9.17, 15) is 4.79 Å². The van der Waals surface area contributed by atoms with Crippen molar-refractivity contribution < 1.29 is 4.79 Å². The van der Waals surface area contributed by atoms with Crippen LogP contribution in [0.1, 0.15) is 26.6 Å². The number of rotatable bonds is 5. The van der Waals surface area contributed by atoms with E-state index in [2.05, 4.69) is 15.4 Å². The van der Waals surface area contributed by atoms with E-state index in [1.165, 1.54) is 11.0 Å². The maximum absolute atomic E-state index is 11.6. The minimum absolute atomic E-state index is 0.106. The van der Waals surface area contributed by atoms with E-state index in [0.717, 1.165) is 0 Å². The normalized spacial score (nSPS) is 12.5. The van der Waals surface area contributed by atoms with Crippen LogP contribution in [-0.4, -0.2) is 31.7 Å². The van der Waals surface area contributed by atoms with E-state index in [0.29, 0.717) is 5.92 Å². The largest absolute Gasteiger partial charge is 0.387 e. The number of aromatic nitrogens is 3. The minimum Gasteiger partial charge on any atom is -0.387 e. The fourth-order valence-electron chi connectivity index (χ4n) is 1.10. The van der Waals surface area contributed by atoms with Crippen LogP contribution in [-0.2, 0) is 11.3 Å². The monoisotopic (exact) mass is 255 g/mol. The van der Waals surface area contributed by atoms with Crippen LogP contribution in [0.15, 0.2) is 6.33 Å². The average molecular weight is 255 g/mol. The van der Waals surface area contributed by atoms with Crippen LogP contribution in [0.2, 0.25) is 0 Å². The molecule has 0 fully saturated rings. The summed E-state index contributed by atoms with van der Waals surface area (Å²) < 4.78 is 1.41. The third-order valence-electron chi connectivity index (χ3n) is 2.45. The first-order valence-corrected chi connectivity index (χ1v) is 5.79. The second kappa shape index (κ2) is 5.72. The number of nitrogens with two attached hydrogens (primary N) is 1. The van der Waals surface area contributed by atoms with Gasteiger partial charge in [-0.3, -0.25) is 4.79 Å². The summed E-state index contributed by atoms with van der Waals surface area (Å²) in [5.41, 5.74) is 5.37. The molecule has 0 aliphatic rings. The SMILES string of the molecule is CC(C)C(C)NC(=O)Cn1cnc(C(N)=S)n1. The van der Waals surface area contributed by atoms with E-state index in [4.69, 9.17) is 18.0 Å². The van der Waals surface area contributed by atoms with Crippen LogP contribution < -0.4 is 11.1 Å². The van der Waals surface area contributed by atoms with E-state index < -0.39 is 0 Å². The summed E-state index contributed by atoms with van der Waals surface area (Å²) in [5, 5.41) is 6.86. The van der Waals surface area contributed by atoms with Gasteiger partial charge >= 0.3 is 0 Å². The van der Waals surface area contributed by atoms with Crippen LogP contribution >= 0.6 is 12.2 Å². The van der Waals surface area contributed by atoms with E-state index in [1.807, 2.05) is 20.8 Å². The van der Waals surface area contributed by atoms with Gasteiger partial charge < -0.3 is 11.1 Å². The van der Waals surface area contributed by atoms with Gasteiger partial charge in [0.1, 0.15) is 17.9 Å². The molecule has 7 heteroatoms. The summed E-state index contributed by atoms with van der Waals surface area (Å²) in [6.07, 6.45) is 1.44. The highest BCUT2D eigenvalue weighted by Crippen LogP contribution is 1.99. The second-order valence-electron chi connectivity index (χ2n) is 4.23. The number of nitrogens with one attached hydrogen (secondary N) is 1. The van der Waals surface area contributed by atoms with Gasteiger partial charge in [-0.15, -0.1) is 5.10 Å². The van der Waals surface area contributed by atoms with Crippen LogP contribution in [0, 0.1) is 5.92 Å². The zero-order chi connectivity index (χ0) is 13.0. The zero-order valence-corrected chi connectivity index (χ0v) is 11.0. The average Bonchev–Trinajstić information content (AvgIpc) is 2.65. The van der Waals surface area contributed by atoms with Crippen molar-refractivity contribution in [3.63, 3.8) is 0 Å². The van der Waals surface area contributed by atoms with Gasteiger partial charge in [0, 0.05) is 6.04 Å². The molecule has 1 unspecified atom stereocenters. The number of hydrogen-bond acceptors (Lipinski definition) is 4. The van der Waals surface area contributed by atoms with Crippen LogP contribution in [0.3, 0.4) is 0 Å². The lowest BCUT2D eigenvalue weighted by Crippen LogP contribution is -2.38. The fraction of sp³-hybridized carbons (Fsp3) is 0.600. The smallest absolute Gasteiger partial charge is 0.242 e. The van der Waals surface area contributed by atoms with Crippen LogP contribution in [0.25, 0.3) is 0 Å². The van der Waals surface area contributed by atoms with Crippen molar-refractivity contribution in [3.8, 4) is 0 Å². The molecule has 0 aliphatic heterocycles. The van der Waals surface area contributed by atoms with Gasteiger partial charge in [0.05, 0.1) is 0 Å². The van der Waals surface area contributed by atoms with E-state index in [1.54, 1.807) is 0 Å². The van der Waals surface area contributed by atoms with Crippen molar-refractivity contribution in [1.29, 1.82) is 0 Å². The zero-order valence-electron chi connectivity index (χ0n) is 10.2. The molecule has 0 radical (unpaired) electrons. The van der Waals surface area contributed by atoms with Gasteiger partial charge in [-0.2, -0.15) is 0 Å². The van der Waals surface area contributed by atoms with E-state index >= 15 is 0 Å². The Kier molecular flexibility index (Phi) is 4.56. The molecule has 1 atom stereocenters. The van der Waals surface area contributed by atoms with Crippen LogP contribution in [0.4, 0.5) is 0 Å². The first-order chi connectivity index (χ1) is 7.90. The quantitative estimate of drug-likeness (QED) is 0.727. The van der Waals surface area contributed by atoms with Crippen molar-refractivity contribution in [2.75, 3.05) is 0 Å². The molecule has 1 aromatic heterocycles. The van der Waals surface area contributed by atoms with Gasteiger partial charge in [-0.05, 0) is 12.8 Å². The Morgan fingerprint density at radius 1 is 1.59 bits per heavy atom. The van der Waals surface area contributed by atoms with E-state index in [-0.39, 0.29) is 29.3 Å². The molecule has 0 spiro atoms. The fourth-order valence-corrected chi connectivity index (χ4v) is 1.19. The van der Waals surface area contributed by atoms with Crippen molar-refractivity contribution in [1.82, 2.24) is 20.1 Å². The third kappa shape index (κ3) is 4.10. The predicted octanol–water partition coefficient (Wildman–Crippen LogP) is 0.0730. The molecular formula is C10H17N5OS. The summed E-state index contributed by atoms with van der Waals surface area (Å²) >= 11 is 4.73. The number of hydrogen-bond donors (Lipinski definition) is 2. The third-order valence-corrected chi connectivity index (χ3v) is 2.63. The Morgan fingerprint density at radius 2 is 2.24 bits per heavy atom. The number of thiocarbonyl (C=S) groups is 1. The molecule has 0 aromatic carbocycles. The Balaban J connectivity index is 2.53. The minimum atomic E-state index is -0.106. The van der Waals surface area contributed by atoms with Gasteiger partial charge in [0.2, 0.25) is 11.7 Å². The lowest BCUT2D eigenvalue weighted by molar-refractivity contribution is -0.122. The number of carbonyl (C=O) groups excluding carboxylic acids is 1. The van der Waals surface area contributed by atoms with Crippen molar-refractivity contribution in [2.45, 2.75) is 33.4 Å². The molecule has 1 rings (SSSR count).